The van der Waals surface area contributed by atoms with Crippen molar-refractivity contribution < 1.29 is 23.0 Å². The standard InChI is InChI=1S/C15H16ClF2N3O3/c1-2-23-13-7-11(3-4-12(13)24-15(17)18)20-14(22)5-6-21-9-10(16)8-19-21/h3-4,7-9,15H,2,5-6H2,1H3,(H,20,22). The largest absolute Gasteiger partial charge is 0.490 e. The molecule has 0 aliphatic heterocycles. The summed E-state index contributed by atoms with van der Waals surface area (Å²) in [5.41, 5.74) is 0.420. The van der Waals surface area contributed by atoms with Crippen LogP contribution in [0.4, 0.5) is 14.5 Å². The summed E-state index contributed by atoms with van der Waals surface area (Å²) in [6, 6.07) is 4.22. The Hall–Kier alpha value is -2.35. The third-order valence-electron chi connectivity index (χ3n) is 2.91. The molecule has 1 N–H and O–H groups in total. The van der Waals surface area contributed by atoms with Crippen LogP contribution in [0.3, 0.4) is 0 Å². The van der Waals surface area contributed by atoms with Crippen LogP contribution in [0.1, 0.15) is 13.3 Å². The van der Waals surface area contributed by atoms with Gasteiger partial charge in [0.25, 0.3) is 0 Å². The average Bonchev–Trinajstić information content (AvgIpc) is 2.93. The van der Waals surface area contributed by atoms with E-state index in [4.69, 9.17) is 16.3 Å². The van der Waals surface area contributed by atoms with Gasteiger partial charge in [-0.3, -0.25) is 9.48 Å². The van der Waals surface area contributed by atoms with Crippen LogP contribution in [-0.2, 0) is 11.3 Å². The number of alkyl halides is 2. The molecule has 1 aromatic carbocycles. The number of anilines is 1. The van der Waals surface area contributed by atoms with E-state index in [0.29, 0.717) is 17.3 Å². The van der Waals surface area contributed by atoms with Gasteiger partial charge >= 0.3 is 6.61 Å². The van der Waals surface area contributed by atoms with Crippen molar-refractivity contribution in [2.24, 2.45) is 0 Å². The number of aryl methyl sites for hydroxylation is 1. The monoisotopic (exact) mass is 359 g/mol. The van der Waals surface area contributed by atoms with Crippen LogP contribution in [0.2, 0.25) is 5.02 Å². The number of rotatable bonds is 8. The van der Waals surface area contributed by atoms with Crippen LogP contribution >= 0.6 is 11.6 Å². The highest BCUT2D eigenvalue weighted by atomic mass is 35.5. The molecule has 1 heterocycles. The number of nitrogens with one attached hydrogen (secondary N) is 1. The first-order valence-corrected chi connectivity index (χ1v) is 7.55. The van der Waals surface area contributed by atoms with Crippen LogP contribution in [-0.4, -0.2) is 28.9 Å². The molecule has 1 amide bonds. The van der Waals surface area contributed by atoms with Crippen molar-refractivity contribution in [3.05, 3.63) is 35.6 Å². The van der Waals surface area contributed by atoms with Gasteiger partial charge in [-0.25, -0.2) is 0 Å². The summed E-state index contributed by atoms with van der Waals surface area (Å²) >= 11 is 5.74. The van der Waals surface area contributed by atoms with E-state index in [9.17, 15) is 13.6 Å². The smallest absolute Gasteiger partial charge is 0.387 e. The first-order valence-electron chi connectivity index (χ1n) is 7.17. The molecule has 130 valence electrons. The third-order valence-corrected chi connectivity index (χ3v) is 3.11. The molecule has 9 heteroatoms. The molecule has 0 radical (unpaired) electrons. The lowest BCUT2D eigenvalue weighted by molar-refractivity contribution is -0.116. The van der Waals surface area contributed by atoms with Gasteiger partial charge in [0.1, 0.15) is 0 Å². The zero-order valence-corrected chi connectivity index (χ0v) is 13.6. The maximum atomic E-state index is 12.3. The number of hydrogen-bond donors (Lipinski definition) is 1. The first kappa shape index (κ1) is 18.0. The number of carbonyl (C=O) groups is 1. The lowest BCUT2D eigenvalue weighted by atomic mass is 10.2. The van der Waals surface area contributed by atoms with Crippen LogP contribution in [0.25, 0.3) is 0 Å². The molecule has 0 bridgehead atoms. The van der Waals surface area contributed by atoms with E-state index < -0.39 is 6.61 Å². The Bertz CT molecular complexity index is 694. The van der Waals surface area contributed by atoms with Gasteiger partial charge in [-0.2, -0.15) is 13.9 Å². The Morgan fingerprint density at radius 1 is 1.42 bits per heavy atom. The Morgan fingerprint density at radius 2 is 2.21 bits per heavy atom. The van der Waals surface area contributed by atoms with E-state index in [2.05, 4.69) is 15.2 Å². The highest BCUT2D eigenvalue weighted by molar-refractivity contribution is 6.30. The molecule has 0 atom stereocenters. The normalized spacial score (nSPS) is 10.7. The topological polar surface area (TPSA) is 65.4 Å². The summed E-state index contributed by atoms with van der Waals surface area (Å²) in [5.74, 6) is -0.211. The van der Waals surface area contributed by atoms with Crippen molar-refractivity contribution >= 4 is 23.2 Å². The lowest BCUT2D eigenvalue weighted by Crippen LogP contribution is -2.15. The highest BCUT2D eigenvalue weighted by Crippen LogP contribution is 2.31. The minimum absolute atomic E-state index is 0.0870. The van der Waals surface area contributed by atoms with E-state index >= 15 is 0 Å². The third kappa shape index (κ3) is 5.38. The summed E-state index contributed by atoms with van der Waals surface area (Å²) in [4.78, 5) is 11.9. The van der Waals surface area contributed by atoms with E-state index in [1.165, 1.54) is 24.4 Å². The van der Waals surface area contributed by atoms with Gasteiger partial charge in [0.2, 0.25) is 5.91 Å². The SMILES string of the molecule is CCOc1cc(NC(=O)CCn2cc(Cl)cn2)ccc1OC(F)F. The van der Waals surface area contributed by atoms with Crippen molar-refractivity contribution in [1.29, 1.82) is 0 Å². The van der Waals surface area contributed by atoms with Crippen molar-refractivity contribution in [1.82, 2.24) is 9.78 Å². The molecule has 0 saturated carbocycles. The van der Waals surface area contributed by atoms with E-state index in [1.807, 2.05) is 0 Å². The van der Waals surface area contributed by atoms with Crippen molar-refractivity contribution in [2.75, 3.05) is 11.9 Å². The number of amides is 1. The van der Waals surface area contributed by atoms with Crippen LogP contribution < -0.4 is 14.8 Å². The fraction of sp³-hybridized carbons (Fsp3) is 0.333. The fourth-order valence-corrected chi connectivity index (χ4v) is 2.10. The molecule has 1 aromatic heterocycles. The highest BCUT2D eigenvalue weighted by Gasteiger charge is 2.12. The maximum absolute atomic E-state index is 12.3. The maximum Gasteiger partial charge on any atom is 0.387 e. The fourth-order valence-electron chi connectivity index (χ4n) is 1.95. The molecule has 0 fully saturated rings. The second kappa shape index (κ2) is 8.49. The molecular weight excluding hydrogens is 344 g/mol. The summed E-state index contributed by atoms with van der Waals surface area (Å²) in [6.07, 6.45) is 3.27. The summed E-state index contributed by atoms with van der Waals surface area (Å²) < 4.78 is 35.9. The molecular formula is C15H16ClF2N3O3. The molecule has 6 nitrogen and oxygen atoms in total. The van der Waals surface area contributed by atoms with Gasteiger partial charge in [0.05, 0.1) is 17.8 Å². The van der Waals surface area contributed by atoms with E-state index in [0.717, 1.165) is 0 Å². The van der Waals surface area contributed by atoms with Crippen LogP contribution in [0.5, 0.6) is 11.5 Å². The molecule has 0 aliphatic carbocycles. The number of halogens is 3. The molecule has 0 unspecified atom stereocenters. The van der Waals surface area contributed by atoms with Crippen molar-refractivity contribution in [2.45, 2.75) is 26.5 Å². The van der Waals surface area contributed by atoms with E-state index in [1.54, 1.807) is 17.8 Å². The lowest BCUT2D eigenvalue weighted by Gasteiger charge is -2.13. The molecule has 2 aromatic rings. The predicted octanol–water partition coefficient (Wildman–Crippen LogP) is 3.57. The Labute approximate surface area is 142 Å². The van der Waals surface area contributed by atoms with Crippen LogP contribution in [0, 0.1) is 0 Å². The van der Waals surface area contributed by atoms with Gasteiger partial charge in [0, 0.05) is 30.9 Å². The van der Waals surface area contributed by atoms with Gasteiger partial charge in [-0.05, 0) is 19.1 Å². The van der Waals surface area contributed by atoms with Crippen molar-refractivity contribution in [3.8, 4) is 11.5 Å². The molecule has 24 heavy (non-hydrogen) atoms. The molecule has 0 spiro atoms. The molecule has 0 saturated heterocycles. The number of aromatic nitrogens is 2. The summed E-state index contributed by atoms with van der Waals surface area (Å²) in [7, 11) is 0. The Kier molecular flexibility index (Phi) is 6.36. The average molecular weight is 360 g/mol. The second-order valence-electron chi connectivity index (χ2n) is 4.69. The van der Waals surface area contributed by atoms with Crippen molar-refractivity contribution in [3.63, 3.8) is 0 Å². The number of hydrogen-bond acceptors (Lipinski definition) is 4. The zero-order valence-electron chi connectivity index (χ0n) is 12.8. The number of benzene rings is 1. The number of carbonyl (C=O) groups excluding carboxylic acids is 1. The van der Waals surface area contributed by atoms with E-state index in [-0.39, 0.29) is 30.4 Å². The molecule has 2 rings (SSSR count). The Balaban J connectivity index is 1.97. The van der Waals surface area contributed by atoms with Crippen LogP contribution in [0.15, 0.2) is 30.6 Å². The quantitative estimate of drug-likeness (QED) is 0.782. The summed E-state index contributed by atoms with van der Waals surface area (Å²) in [6.45, 7) is -0.599. The Morgan fingerprint density at radius 3 is 2.83 bits per heavy atom. The zero-order chi connectivity index (χ0) is 17.5. The molecule has 0 aliphatic rings. The number of ether oxygens (including phenoxy) is 2. The number of nitrogens with zero attached hydrogens (tertiary/aromatic N) is 2. The van der Waals surface area contributed by atoms with Gasteiger partial charge < -0.3 is 14.8 Å². The van der Waals surface area contributed by atoms with Gasteiger partial charge in [-0.15, -0.1) is 0 Å². The minimum Gasteiger partial charge on any atom is -0.490 e. The second-order valence-corrected chi connectivity index (χ2v) is 5.13. The summed E-state index contributed by atoms with van der Waals surface area (Å²) in [5, 5.41) is 7.12. The van der Waals surface area contributed by atoms with Gasteiger partial charge in [0.15, 0.2) is 11.5 Å². The minimum atomic E-state index is -2.95. The predicted molar refractivity (Wildman–Crippen MR) is 84.7 cm³/mol. The first-order chi connectivity index (χ1) is 11.5. The van der Waals surface area contributed by atoms with Gasteiger partial charge in [-0.1, -0.05) is 11.6 Å².